The molecule has 1 heterocycles. The number of nitrogens with zero attached hydrogens (tertiary/aromatic N) is 1. The lowest BCUT2D eigenvalue weighted by molar-refractivity contribution is -0.137. The molecular weight excluding hydrogens is 397 g/mol. The highest BCUT2D eigenvalue weighted by Crippen LogP contribution is 2.29. The van der Waals surface area contributed by atoms with Crippen LogP contribution < -0.4 is 15.6 Å². The van der Waals surface area contributed by atoms with E-state index in [-0.39, 0.29) is 17.7 Å². The molecule has 1 aromatic heterocycles. The van der Waals surface area contributed by atoms with E-state index in [1.54, 1.807) is 24.3 Å². The molecule has 30 heavy (non-hydrogen) atoms. The van der Waals surface area contributed by atoms with Gasteiger partial charge in [0.15, 0.2) is 0 Å². The Balaban J connectivity index is 1.80. The van der Waals surface area contributed by atoms with E-state index in [0.29, 0.717) is 23.6 Å². The predicted octanol–water partition coefficient (Wildman–Crippen LogP) is 4.57. The number of halogens is 3. The first-order chi connectivity index (χ1) is 14.3. The molecule has 2 aromatic carbocycles. The number of aromatic nitrogens is 1. The molecule has 0 aliphatic heterocycles. The number of para-hydroxylation sites is 2. The van der Waals surface area contributed by atoms with Crippen molar-refractivity contribution in [2.75, 3.05) is 11.9 Å². The zero-order valence-corrected chi connectivity index (χ0v) is 16.1. The Morgan fingerprint density at radius 2 is 1.73 bits per heavy atom. The summed E-state index contributed by atoms with van der Waals surface area (Å²) in [6.07, 6.45) is -3.05. The fourth-order valence-electron chi connectivity index (χ4n) is 2.83. The van der Waals surface area contributed by atoms with Crippen LogP contribution in [0.25, 0.3) is 0 Å². The maximum Gasteiger partial charge on any atom is 0.416 e. The average Bonchev–Trinajstić information content (AvgIpc) is 2.71. The Labute approximate surface area is 170 Å². The monoisotopic (exact) mass is 416 g/mol. The molecule has 0 bridgehead atoms. The summed E-state index contributed by atoms with van der Waals surface area (Å²) in [6.45, 7) is 2.30. The lowest BCUT2D eigenvalue weighted by atomic mass is 10.1. The van der Waals surface area contributed by atoms with Crippen LogP contribution >= 0.6 is 0 Å². The Morgan fingerprint density at radius 1 is 1.03 bits per heavy atom. The van der Waals surface area contributed by atoms with Crippen molar-refractivity contribution < 1.29 is 22.7 Å². The van der Waals surface area contributed by atoms with Gasteiger partial charge in [0.05, 0.1) is 30.0 Å². The van der Waals surface area contributed by atoms with Crippen LogP contribution in [0.4, 0.5) is 18.9 Å². The Morgan fingerprint density at radius 3 is 2.40 bits per heavy atom. The van der Waals surface area contributed by atoms with Gasteiger partial charge >= 0.3 is 6.18 Å². The summed E-state index contributed by atoms with van der Waals surface area (Å²) in [5.74, 6) is 0.0785. The van der Waals surface area contributed by atoms with Gasteiger partial charge < -0.3 is 14.6 Å². The van der Waals surface area contributed by atoms with Crippen molar-refractivity contribution in [2.45, 2.75) is 19.6 Å². The van der Waals surface area contributed by atoms with Gasteiger partial charge in [0.25, 0.3) is 11.5 Å². The number of hydrogen-bond donors (Lipinski definition) is 1. The molecule has 0 aliphatic rings. The Hall–Kier alpha value is -3.55. The van der Waals surface area contributed by atoms with Crippen molar-refractivity contribution in [1.82, 2.24) is 4.57 Å². The Kier molecular flexibility index (Phi) is 6.25. The van der Waals surface area contributed by atoms with E-state index in [0.717, 1.165) is 12.1 Å². The number of anilines is 1. The summed E-state index contributed by atoms with van der Waals surface area (Å²) in [6, 6.07) is 14.1. The van der Waals surface area contributed by atoms with Crippen molar-refractivity contribution in [2.24, 2.45) is 0 Å². The number of rotatable bonds is 6. The van der Waals surface area contributed by atoms with Gasteiger partial charge in [-0.25, -0.2) is 0 Å². The molecule has 5 nitrogen and oxygen atoms in total. The normalized spacial score (nSPS) is 11.2. The number of ether oxygens (including phenoxy) is 1. The van der Waals surface area contributed by atoms with Gasteiger partial charge in [-0.15, -0.1) is 0 Å². The van der Waals surface area contributed by atoms with Crippen LogP contribution in [0.5, 0.6) is 5.75 Å². The van der Waals surface area contributed by atoms with Gasteiger partial charge in [-0.2, -0.15) is 13.2 Å². The first kappa shape index (κ1) is 21.2. The minimum atomic E-state index is -4.43. The third kappa shape index (κ3) is 5.08. The molecule has 0 fully saturated rings. The standard InChI is InChI=1S/C22H19F3N2O3/c1-2-30-19-6-4-3-5-18(19)26-21(29)16-9-12-20(28)27(14-16)13-15-7-10-17(11-8-15)22(23,24)25/h3-12,14H,2,13H2,1H3,(H,26,29). The number of benzene rings is 2. The number of nitrogens with one attached hydrogen (secondary N) is 1. The van der Waals surface area contributed by atoms with Crippen molar-refractivity contribution in [3.05, 3.63) is 93.9 Å². The molecule has 156 valence electrons. The summed E-state index contributed by atoms with van der Waals surface area (Å²) in [7, 11) is 0. The highest BCUT2D eigenvalue weighted by molar-refractivity contribution is 6.04. The number of carbonyl (C=O) groups excluding carboxylic acids is 1. The third-order valence-electron chi connectivity index (χ3n) is 4.31. The van der Waals surface area contributed by atoms with Crippen LogP contribution in [-0.4, -0.2) is 17.1 Å². The summed E-state index contributed by atoms with van der Waals surface area (Å²) in [4.78, 5) is 24.8. The lowest BCUT2D eigenvalue weighted by Crippen LogP contribution is -2.22. The van der Waals surface area contributed by atoms with E-state index in [2.05, 4.69) is 5.32 Å². The molecule has 0 aliphatic carbocycles. The topological polar surface area (TPSA) is 60.3 Å². The molecule has 0 radical (unpaired) electrons. The third-order valence-corrected chi connectivity index (χ3v) is 4.31. The van der Waals surface area contributed by atoms with Crippen LogP contribution in [0.15, 0.2) is 71.7 Å². The predicted molar refractivity (Wildman–Crippen MR) is 107 cm³/mol. The number of amides is 1. The zero-order valence-electron chi connectivity index (χ0n) is 16.1. The summed E-state index contributed by atoms with van der Waals surface area (Å²) in [5.41, 5.74) is 0.0860. The molecule has 0 spiro atoms. The van der Waals surface area contributed by atoms with Gasteiger partial charge in [-0.05, 0) is 42.8 Å². The number of hydrogen-bond acceptors (Lipinski definition) is 3. The minimum absolute atomic E-state index is 0.0353. The molecule has 0 saturated heterocycles. The molecule has 3 aromatic rings. The fourth-order valence-corrected chi connectivity index (χ4v) is 2.83. The second-order valence-corrected chi connectivity index (χ2v) is 6.46. The highest BCUT2D eigenvalue weighted by atomic mass is 19.4. The molecule has 8 heteroatoms. The largest absolute Gasteiger partial charge is 0.492 e. The summed E-state index contributed by atoms with van der Waals surface area (Å²) in [5, 5.41) is 2.74. The van der Waals surface area contributed by atoms with Crippen molar-refractivity contribution in [1.29, 1.82) is 0 Å². The molecule has 1 amide bonds. The number of pyridine rings is 1. The molecule has 0 saturated carbocycles. The summed E-state index contributed by atoms with van der Waals surface area (Å²) < 4.78 is 44.8. The molecule has 3 rings (SSSR count). The molecule has 1 N–H and O–H groups in total. The summed E-state index contributed by atoms with van der Waals surface area (Å²) >= 11 is 0. The zero-order chi connectivity index (χ0) is 21.7. The second kappa shape index (κ2) is 8.86. The highest BCUT2D eigenvalue weighted by Gasteiger charge is 2.29. The van der Waals surface area contributed by atoms with Gasteiger partial charge in [0.2, 0.25) is 0 Å². The van der Waals surface area contributed by atoms with E-state index in [1.165, 1.54) is 35.0 Å². The first-order valence-corrected chi connectivity index (χ1v) is 9.17. The number of carbonyl (C=O) groups is 1. The second-order valence-electron chi connectivity index (χ2n) is 6.46. The lowest BCUT2D eigenvalue weighted by Gasteiger charge is -2.12. The van der Waals surface area contributed by atoms with Crippen LogP contribution in [0.2, 0.25) is 0 Å². The van der Waals surface area contributed by atoms with Crippen molar-refractivity contribution in [3.63, 3.8) is 0 Å². The van der Waals surface area contributed by atoms with Crippen LogP contribution in [0.1, 0.15) is 28.4 Å². The van der Waals surface area contributed by atoms with Crippen LogP contribution in [0.3, 0.4) is 0 Å². The van der Waals surface area contributed by atoms with Crippen LogP contribution in [-0.2, 0) is 12.7 Å². The van der Waals surface area contributed by atoms with E-state index in [9.17, 15) is 22.8 Å². The van der Waals surface area contributed by atoms with Gasteiger partial charge in [0, 0.05) is 12.3 Å². The quantitative estimate of drug-likeness (QED) is 0.641. The first-order valence-electron chi connectivity index (χ1n) is 9.17. The maximum absolute atomic E-state index is 12.7. The van der Waals surface area contributed by atoms with Crippen molar-refractivity contribution in [3.8, 4) is 5.75 Å². The smallest absolute Gasteiger partial charge is 0.416 e. The van der Waals surface area contributed by atoms with Crippen LogP contribution in [0, 0.1) is 0 Å². The SMILES string of the molecule is CCOc1ccccc1NC(=O)c1ccc(=O)n(Cc2ccc(C(F)(F)F)cc2)c1. The molecular formula is C22H19F3N2O3. The van der Waals surface area contributed by atoms with E-state index in [4.69, 9.17) is 4.74 Å². The molecule has 0 atom stereocenters. The Bertz CT molecular complexity index is 1090. The van der Waals surface area contributed by atoms with E-state index >= 15 is 0 Å². The van der Waals surface area contributed by atoms with Gasteiger partial charge in [-0.1, -0.05) is 24.3 Å². The van der Waals surface area contributed by atoms with E-state index in [1.807, 2.05) is 6.92 Å². The average molecular weight is 416 g/mol. The number of alkyl halides is 3. The van der Waals surface area contributed by atoms with Crippen molar-refractivity contribution >= 4 is 11.6 Å². The molecule has 0 unspecified atom stereocenters. The van der Waals surface area contributed by atoms with E-state index < -0.39 is 17.6 Å². The minimum Gasteiger partial charge on any atom is -0.492 e. The maximum atomic E-state index is 12.7. The van der Waals surface area contributed by atoms with Gasteiger partial charge in [0.1, 0.15) is 5.75 Å². The van der Waals surface area contributed by atoms with Gasteiger partial charge in [-0.3, -0.25) is 9.59 Å². The fraction of sp³-hybridized carbons (Fsp3) is 0.182.